The zero-order chi connectivity index (χ0) is 14.9. The lowest BCUT2D eigenvalue weighted by atomic mass is 10.2. The van der Waals surface area contributed by atoms with E-state index in [2.05, 4.69) is 14.9 Å². The van der Waals surface area contributed by atoms with Crippen molar-refractivity contribution in [1.29, 1.82) is 0 Å². The highest BCUT2D eigenvalue weighted by atomic mass is 19.1. The Morgan fingerprint density at radius 1 is 1.05 bits per heavy atom. The third-order valence-corrected chi connectivity index (χ3v) is 3.86. The molecule has 6 heteroatoms. The first-order chi connectivity index (χ1) is 10.8. The van der Waals surface area contributed by atoms with Gasteiger partial charge in [-0.05, 0) is 24.3 Å². The van der Waals surface area contributed by atoms with Gasteiger partial charge in [0.2, 0.25) is 0 Å². The first kappa shape index (κ1) is 13.2. The van der Waals surface area contributed by atoms with Crippen LogP contribution >= 0.6 is 0 Å². The number of nitrogens with zero attached hydrogens (tertiary/aromatic N) is 4. The summed E-state index contributed by atoms with van der Waals surface area (Å²) in [4.78, 5) is 11.2. The number of aromatic nitrogens is 3. The van der Waals surface area contributed by atoms with Crippen molar-refractivity contribution < 1.29 is 9.13 Å². The molecule has 0 aliphatic carbocycles. The first-order valence-corrected chi connectivity index (χ1v) is 7.23. The van der Waals surface area contributed by atoms with Crippen LogP contribution in [0.5, 0.6) is 0 Å². The average Bonchev–Trinajstić information content (AvgIpc) is 3.00. The number of ether oxygens (including phenoxy) is 1. The molecule has 22 heavy (non-hydrogen) atoms. The van der Waals surface area contributed by atoms with E-state index in [0.717, 1.165) is 35.8 Å². The number of morpholine rings is 1. The topological polar surface area (TPSA) is 42.7 Å². The zero-order valence-corrected chi connectivity index (χ0v) is 11.9. The molecule has 0 spiro atoms. The summed E-state index contributed by atoms with van der Waals surface area (Å²) in [6.45, 7) is 3.03. The second-order valence-electron chi connectivity index (χ2n) is 5.19. The normalized spacial score (nSPS) is 15.4. The third-order valence-electron chi connectivity index (χ3n) is 3.86. The molecule has 0 radical (unpaired) electrons. The second-order valence-corrected chi connectivity index (χ2v) is 5.19. The van der Waals surface area contributed by atoms with Crippen molar-refractivity contribution in [3.05, 3.63) is 48.7 Å². The van der Waals surface area contributed by atoms with Crippen LogP contribution in [0, 0.1) is 5.82 Å². The Labute approximate surface area is 127 Å². The van der Waals surface area contributed by atoms with Crippen LogP contribution in [0.3, 0.4) is 0 Å². The Hall–Kier alpha value is -2.47. The van der Waals surface area contributed by atoms with Crippen LogP contribution in [-0.2, 0) is 4.74 Å². The summed E-state index contributed by atoms with van der Waals surface area (Å²) in [7, 11) is 0. The lowest BCUT2D eigenvalue weighted by Crippen LogP contribution is -2.37. The molecular weight excluding hydrogens is 283 g/mol. The van der Waals surface area contributed by atoms with Gasteiger partial charge >= 0.3 is 0 Å². The third kappa shape index (κ3) is 2.21. The maximum absolute atomic E-state index is 13.1. The lowest BCUT2D eigenvalue weighted by molar-refractivity contribution is 0.122. The summed E-state index contributed by atoms with van der Waals surface area (Å²) in [5.74, 6) is 0.618. The van der Waals surface area contributed by atoms with E-state index >= 15 is 0 Å². The predicted octanol–water partition coefficient (Wildman–Crippen LogP) is 2.37. The molecule has 0 amide bonds. The Kier molecular flexibility index (Phi) is 3.23. The number of rotatable bonds is 2. The molecule has 0 bridgehead atoms. The predicted molar refractivity (Wildman–Crippen MR) is 81.4 cm³/mol. The molecule has 1 aliphatic heterocycles. The molecule has 0 unspecified atom stereocenters. The molecule has 1 aromatic carbocycles. The van der Waals surface area contributed by atoms with Gasteiger partial charge in [0.15, 0.2) is 11.5 Å². The van der Waals surface area contributed by atoms with Crippen LogP contribution in [0.2, 0.25) is 0 Å². The van der Waals surface area contributed by atoms with Crippen LogP contribution in [0.1, 0.15) is 0 Å². The summed E-state index contributed by atoms with van der Waals surface area (Å²) < 4.78 is 20.5. The minimum Gasteiger partial charge on any atom is -0.378 e. The number of hydrogen-bond acceptors (Lipinski definition) is 4. The quantitative estimate of drug-likeness (QED) is 0.728. The highest BCUT2D eigenvalue weighted by Crippen LogP contribution is 2.25. The summed E-state index contributed by atoms with van der Waals surface area (Å²) in [5, 5.41) is 0. The van der Waals surface area contributed by atoms with Gasteiger partial charge in [-0.2, -0.15) is 0 Å². The van der Waals surface area contributed by atoms with Crippen molar-refractivity contribution in [2.45, 2.75) is 0 Å². The first-order valence-electron chi connectivity index (χ1n) is 7.23. The molecule has 112 valence electrons. The van der Waals surface area contributed by atoms with Gasteiger partial charge < -0.3 is 9.64 Å². The van der Waals surface area contributed by atoms with E-state index in [1.54, 1.807) is 24.5 Å². The standard InChI is InChI=1S/C16H15FN4O/c17-13-3-1-12(2-4-13)14-11-19-16-15(18-5-6-21(14)16)20-7-9-22-10-8-20/h1-6,11H,7-10H2. The molecule has 1 saturated heterocycles. The largest absolute Gasteiger partial charge is 0.378 e. The van der Waals surface area contributed by atoms with E-state index < -0.39 is 0 Å². The molecular formula is C16H15FN4O. The van der Waals surface area contributed by atoms with Gasteiger partial charge in [0.05, 0.1) is 25.1 Å². The van der Waals surface area contributed by atoms with E-state index in [4.69, 9.17) is 4.74 Å². The fraction of sp³-hybridized carbons (Fsp3) is 0.250. The van der Waals surface area contributed by atoms with Gasteiger partial charge in [-0.1, -0.05) is 0 Å². The number of benzene rings is 1. The number of anilines is 1. The summed E-state index contributed by atoms with van der Waals surface area (Å²) in [5.41, 5.74) is 2.66. The molecule has 0 N–H and O–H groups in total. The molecule has 0 atom stereocenters. The van der Waals surface area contributed by atoms with Crippen LogP contribution in [-0.4, -0.2) is 40.7 Å². The molecule has 0 saturated carbocycles. The monoisotopic (exact) mass is 298 g/mol. The van der Waals surface area contributed by atoms with Crippen LogP contribution in [0.4, 0.5) is 10.2 Å². The fourth-order valence-corrected chi connectivity index (χ4v) is 2.74. The van der Waals surface area contributed by atoms with E-state index in [1.807, 2.05) is 10.6 Å². The molecule has 3 heterocycles. The lowest BCUT2D eigenvalue weighted by Gasteiger charge is -2.27. The van der Waals surface area contributed by atoms with Gasteiger partial charge in [-0.3, -0.25) is 4.40 Å². The molecule has 3 aromatic rings. The summed E-state index contributed by atoms with van der Waals surface area (Å²) in [6.07, 6.45) is 5.45. The molecule has 4 rings (SSSR count). The molecule has 2 aromatic heterocycles. The van der Waals surface area contributed by atoms with Crippen molar-refractivity contribution in [2.24, 2.45) is 0 Å². The van der Waals surface area contributed by atoms with Crippen LogP contribution in [0.15, 0.2) is 42.9 Å². The SMILES string of the molecule is Fc1ccc(-c2cnc3c(N4CCOCC4)nccn23)cc1. The second kappa shape index (κ2) is 5.38. The van der Waals surface area contributed by atoms with Gasteiger partial charge in [-0.25, -0.2) is 14.4 Å². The minimum atomic E-state index is -0.242. The highest BCUT2D eigenvalue weighted by molar-refractivity contribution is 5.71. The van der Waals surface area contributed by atoms with Gasteiger partial charge in [0.25, 0.3) is 0 Å². The van der Waals surface area contributed by atoms with Gasteiger partial charge in [-0.15, -0.1) is 0 Å². The maximum atomic E-state index is 13.1. The number of fused-ring (bicyclic) bond motifs is 1. The van der Waals surface area contributed by atoms with Crippen molar-refractivity contribution in [2.75, 3.05) is 31.2 Å². The summed E-state index contributed by atoms with van der Waals surface area (Å²) >= 11 is 0. The van der Waals surface area contributed by atoms with E-state index in [1.165, 1.54) is 12.1 Å². The Morgan fingerprint density at radius 2 is 1.82 bits per heavy atom. The number of halogens is 1. The maximum Gasteiger partial charge on any atom is 0.180 e. The van der Waals surface area contributed by atoms with Crippen molar-refractivity contribution >= 4 is 11.5 Å². The number of imidazole rings is 1. The van der Waals surface area contributed by atoms with Crippen molar-refractivity contribution in [3.63, 3.8) is 0 Å². The van der Waals surface area contributed by atoms with Crippen LogP contribution < -0.4 is 4.90 Å². The zero-order valence-electron chi connectivity index (χ0n) is 11.9. The highest BCUT2D eigenvalue weighted by Gasteiger charge is 2.18. The molecule has 5 nitrogen and oxygen atoms in total. The smallest absolute Gasteiger partial charge is 0.180 e. The van der Waals surface area contributed by atoms with E-state index in [-0.39, 0.29) is 5.82 Å². The molecule has 1 fully saturated rings. The molecule has 1 aliphatic rings. The van der Waals surface area contributed by atoms with Crippen molar-refractivity contribution in [3.8, 4) is 11.3 Å². The number of hydrogen-bond donors (Lipinski definition) is 0. The van der Waals surface area contributed by atoms with E-state index in [0.29, 0.717) is 13.2 Å². The van der Waals surface area contributed by atoms with Crippen LogP contribution in [0.25, 0.3) is 16.9 Å². The Balaban J connectivity index is 1.80. The summed E-state index contributed by atoms with van der Waals surface area (Å²) in [6, 6.07) is 6.43. The Morgan fingerprint density at radius 3 is 2.59 bits per heavy atom. The van der Waals surface area contributed by atoms with E-state index in [9.17, 15) is 4.39 Å². The van der Waals surface area contributed by atoms with Crippen molar-refractivity contribution in [1.82, 2.24) is 14.4 Å². The fourth-order valence-electron chi connectivity index (χ4n) is 2.74. The van der Waals surface area contributed by atoms with Gasteiger partial charge in [0.1, 0.15) is 5.82 Å². The Bertz CT molecular complexity index is 794. The van der Waals surface area contributed by atoms with Gasteiger partial charge in [0, 0.05) is 31.0 Å². The minimum absolute atomic E-state index is 0.242. The average molecular weight is 298 g/mol.